The summed E-state index contributed by atoms with van der Waals surface area (Å²) in [5, 5.41) is 15.9. The summed E-state index contributed by atoms with van der Waals surface area (Å²) in [6, 6.07) is 7.60. The number of fused-ring (bicyclic) bond motifs is 1. The maximum Gasteiger partial charge on any atom is 0.221 e. The predicted octanol–water partition coefficient (Wildman–Crippen LogP) is 1.85. The summed E-state index contributed by atoms with van der Waals surface area (Å²) in [5.41, 5.74) is 0. The van der Waals surface area contributed by atoms with Crippen molar-refractivity contribution in [3.63, 3.8) is 0 Å². The van der Waals surface area contributed by atoms with Crippen LogP contribution < -0.4 is 10.6 Å². The number of hydrogen-bond donors (Lipinski definition) is 2. The topological polar surface area (TPSA) is 76.1 Å². The van der Waals surface area contributed by atoms with E-state index in [2.05, 4.69) is 20.8 Å². The molecule has 1 aromatic carbocycles. The molecule has 1 amide bonds. The van der Waals surface area contributed by atoms with Crippen LogP contribution in [0.15, 0.2) is 24.3 Å². The van der Waals surface area contributed by atoms with E-state index in [1.165, 1.54) is 0 Å². The van der Waals surface area contributed by atoms with Gasteiger partial charge in [0.1, 0.15) is 0 Å². The summed E-state index contributed by atoms with van der Waals surface area (Å²) in [6.45, 7) is 1.49. The average Bonchev–Trinajstić information content (AvgIpc) is 2.50. The van der Waals surface area contributed by atoms with Crippen LogP contribution in [0.3, 0.4) is 0 Å². The number of carbonyl (C=O) groups excluding carboxylic acids is 1. The Labute approximate surface area is 127 Å². The highest BCUT2D eigenvalue weighted by Crippen LogP contribution is 2.25. The first kappa shape index (κ1) is 15.5. The molecule has 0 saturated heterocycles. The highest BCUT2D eigenvalue weighted by atomic mass is 35.5. The third-order valence-corrected chi connectivity index (χ3v) is 3.19. The zero-order valence-electron chi connectivity index (χ0n) is 11.7. The van der Waals surface area contributed by atoms with Crippen LogP contribution >= 0.6 is 11.6 Å². The minimum Gasteiger partial charge on any atom is -0.383 e. The minimum absolute atomic E-state index is 0.0363. The number of carbonyl (C=O) groups is 1. The number of halogens is 1. The molecule has 7 heteroatoms. The minimum atomic E-state index is -0.0363. The van der Waals surface area contributed by atoms with E-state index in [1.807, 2.05) is 24.3 Å². The maximum atomic E-state index is 11.6. The summed E-state index contributed by atoms with van der Waals surface area (Å²) in [4.78, 5) is 11.6. The van der Waals surface area contributed by atoms with Gasteiger partial charge in [-0.2, -0.15) is 0 Å². The smallest absolute Gasteiger partial charge is 0.221 e. The Bertz CT molecular complexity index is 621. The van der Waals surface area contributed by atoms with Gasteiger partial charge in [0.25, 0.3) is 0 Å². The molecular formula is C14H17ClN4O2. The van der Waals surface area contributed by atoms with Crippen molar-refractivity contribution in [2.75, 3.05) is 32.1 Å². The molecule has 0 unspecified atom stereocenters. The second-order valence-electron chi connectivity index (χ2n) is 4.40. The third-order valence-electron chi connectivity index (χ3n) is 2.92. The maximum absolute atomic E-state index is 11.6. The number of benzene rings is 1. The summed E-state index contributed by atoms with van der Waals surface area (Å²) >= 11 is 6.01. The molecular weight excluding hydrogens is 292 g/mol. The molecule has 0 spiro atoms. The van der Waals surface area contributed by atoms with Crippen molar-refractivity contribution in [1.29, 1.82) is 0 Å². The van der Waals surface area contributed by atoms with Crippen molar-refractivity contribution in [3.05, 3.63) is 29.4 Å². The Balaban J connectivity index is 1.92. The zero-order valence-corrected chi connectivity index (χ0v) is 12.5. The Kier molecular flexibility index (Phi) is 5.71. The fourth-order valence-corrected chi connectivity index (χ4v) is 2.08. The van der Waals surface area contributed by atoms with Crippen LogP contribution in [0, 0.1) is 0 Å². The number of ether oxygens (including phenoxy) is 1. The Morgan fingerprint density at radius 1 is 1.24 bits per heavy atom. The van der Waals surface area contributed by atoms with E-state index in [0.717, 1.165) is 10.8 Å². The fourth-order valence-electron chi connectivity index (χ4n) is 1.88. The van der Waals surface area contributed by atoms with E-state index in [4.69, 9.17) is 16.3 Å². The molecule has 6 nitrogen and oxygen atoms in total. The van der Waals surface area contributed by atoms with E-state index in [9.17, 15) is 4.79 Å². The molecule has 0 radical (unpaired) electrons. The number of anilines is 1. The van der Waals surface area contributed by atoms with Gasteiger partial charge in [0.2, 0.25) is 5.91 Å². The molecule has 2 N–H and O–H groups in total. The van der Waals surface area contributed by atoms with Crippen LogP contribution in [-0.2, 0) is 9.53 Å². The molecule has 112 valence electrons. The average molecular weight is 309 g/mol. The fraction of sp³-hybridized carbons (Fsp3) is 0.357. The SMILES string of the molecule is COCCNC(=O)CCNc1nnc(Cl)c2ccccc12. The molecule has 21 heavy (non-hydrogen) atoms. The van der Waals surface area contributed by atoms with Crippen LogP contribution in [0.2, 0.25) is 5.15 Å². The molecule has 0 saturated carbocycles. The molecule has 2 rings (SSSR count). The van der Waals surface area contributed by atoms with Crippen molar-refractivity contribution >= 4 is 34.1 Å². The molecule has 0 bridgehead atoms. The van der Waals surface area contributed by atoms with Gasteiger partial charge >= 0.3 is 0 Å². The Morgan fingerprint density at radius 2 is 2.00 bits per heavy atom. The van der Waals surface area contributed by atoms with Gasteiger partial charge < -0.3 is 15.4 Å². The second-order valence-corrected chi connectivity index (χ2v) is 4.76. The molecule has 1 aromatic heterocycles. The molecule has 0 fully saturated rings. The van der Waals surface area contributed by atoms with Crippen molar-refractivity contribution in [2.24, 2.45) is 0 Å². The molecule has 1 heterocycles. The molecule has 2 aromatic rings. The van der Waals surface area contributed by atoms with Crippen LogP contribution in [-0.4, -0.2) is 42.9 Å². The Hall–Kier alpha value is -1.92. The first-order chi connectivity index (χ1) is 10.2. The van der Waals surface area contributed by atoms with Gasteiger partial charge in [-0.15, -0.1) is 10.2 Å². The van der Waals surface area contributed by atoms with E-state index in [0.29, 0.717) is 37.1 Å². The van der Waals surface area contributed by atoms with E-state index in [1.54, 1.807) is 7.11 Å². The van der Waals surface area contributed by atoms with Crippen molar-refractivity contribution < 1.29 is 9.53 Å². The molecule has 0 aliphatic carbocycles. The van der Waals surface area contributed by atoms with Gasteiger partial charge in [0.05, 0.1) is 6.61 Å². The first-order valence-corrected chi connectivity index (χ1v) is 7.00. The number of nitrogens with zero attached hydrogens (tertiary/aromatic N) is 2. The number of methoxy groups -OCH3 is 1. The first-order valence-electron chi connectivity index (χ1n) is 6.63. The normalized spacial score (nSPS) is 10.6. The van der Waals surface area contributed by atoms with Gasteiger partial charge in [0, 0.05) is 37.4 Å². The summed E-state index contributed by atoms with van der Waals surface area (Å²) in [7, 11) is 1.60. The van der Waals surface area contributed by atoms with Gasteiger partial charge in [-0.3, -0.25) is 4.79 Å². The Morgan fingerprint density at radius 3 is 2.76 bits per heavy atom. The van der Waals surface area contributed by atoms with Crippen molar-refractivity contribution in [2.45, 2.75) is 6.42 Å². The van der Waals surface area contributed by atoms with Crippen LogP contribution in [0.25, 0.3) is 10.8 Å². The number of nitrogens with one attached hydrogen (secondary N) is 2. The highest BCUT2D eigenvalue weighted by Gasteiger charge is 2.07. The third kappa shape index (κ3) is 4.27. The van der Waals surface area contributed by atoms with Gasteiger partial charge in [-0.05, 0) is 0 Å². The lowest BCUT2D eigenvalue weighted by Gasteiger charge is -2.09. The number of aromatic nitrogens is 2. The summed E-state index contributed by atoms with van der Waals surface area (Å²) in [6.07, 6.45) is 0.350. The van der Waals surface area contributed by atoms with Crippen LogP contribution in [0.1, 0.15) is 6.42 Å². The monoisotopic (exact) mass is 308 g/mol. The van der Waals surface area contributed by atoms with Gasteiger partial charge in [-0.1, -0.05) is 35.9 Å². The lowest BCUT2D eigenvalue weighted by molar-refractivity contribution is -0.121. The quantitative estimate of drug-likeness (QED) is 0.763. The van der Waals surface area contributed by atoms with E-state index < -0.39 is 0 Å². The van der Waals surface area contributed by atoms with E-state index in [-0.39, 0.29) is 5.91 Å². The largest absolute Gasteiger partial charge is 0.383 e. The van der Waals surface area contributed by atoms with Gasteiger partial charge in [0.15, 0.2) is 11.0 Å². The molecule has 0 atom stereocenters. The number of hydrogen-bond acceptors (Lipinski definition) is 5. The molecule has 0 aliphatic rings. The lowest BCUT2D eigenvalue weighted by atomic mass is 10.2. The number of rotatable bonds is 7. The highest BCUT2D eigenvalue weighted by molar-refractivity contribution is 6.34. The van der Waals surface area contributed by atoms with Crippen LogP contribution in [0.4, 0.5) is 5.82 Å². The summed E-state index contributed by atoms with van der Waals surface area (Å²) in [5.74, 6) is 0.588. The van der Waals surface area contributed by atoms with Gasteiger partial charge in [-0.25, -0.2) is 0 Å². The molecule has 0 aliphatic heterocycles. The standard InChI is InChI=1S/C14H17ClN4O2/c1-21-9-8-16-12(20)6-7-17-14-11-5-3-2-4-10(11)13(15)18-19-14/h2-5H,6-9H2,1H3,(H,16,20)(H,17,19). The number of amides is 1. The predicted molar refractivity (Wildman–Crippen MR) is 82.5 cm³/mol. The van der Waals surface area contributed by atoms with Crippen LogP contribution in [0.5, 0.6) is 0 Å². The lowest BCUT2D eigenvalue weighted by Crippen LogP contribution is -2.28. The van der Waals surface area contributed by atoms with Crippen molar-refractivity contribution in [1.82, 2.24) is 15.5 Å². The summed E-state index contributed by atoms with van der Waals surface area (Å²) < 4.78 is 4.86. The second kappa shape index (κ2) is 7.75. The zero-order chi connectivity index (χ0) is 15.1. The van der Waals surface area contributed by atoms with E-state index >= 15 is 0 Å². The van der Waals surface area contributed by atoms with Crippen molar-refractivity contribution in [3.8, 4) is 0 Å².